The Hall–Kier alpha value is -3.88. The highest BCUT2D eigenvalue weighted by Gasteiger charge is 2.42. The Bertz CT molecular complexity index is 1460. The van der Waals surface area contributed by atoms with Gasteiger partial charge in [-0.2, -0.15) is 5.26 Å². The lowest BCUT2D eigenvalue weighted by Crippen LogP contribution is -2.36. The van der Waals surface area contributed by atoms with E-state index in [0.717, 1.165) is 0 Å². The van der Waals surface area contributed by atoms with Gasteiger partial charge in [0.15, 0.2) is 35.6 Å². The maximum Gasteiger partial charge on any atom is 0.278 e. The molecule has 49 heavy (non-hydrogen) atoms. The number of methoxy groups -OCH3 is 4. The molecule has 0 aromatic heterocycles. The first-order chi connectivity index (χ1) is 23.4. The van der Waals surface area contributed by atoms with Crippen molar-refractivity contribution >= 4 is 19.9 Å². The second-order valence-corrected chi connectivity index (χ2v) is 12.6. The number of hydrogen-bond acceptors (Lipinski definition) is 15. The van der Waals surface area contributed by atoms with Gasteiger partial charge in [0, 0.05) is 18.5 Å². The van der Waals surface area contributed by atoms with Crippen LogP contribution >= 0.6 is 8.53 Å². The summed E-state index contributed by atoms with van der Waals surface area (Å²) in [5, 5.41) is 32.9. The average molecular weight is 711 g/mol. The average Bonchev–Trinajstić information content (AvgIpc) is 3.45. The molecule has 3 unspecified atom stereocenters. The van der Waals surface area contributed by atoms with Crippen molar-refractivity contribution in [3.05, 3.63) is 55.6 Å². The van der Waals surface area contributed by atoms with Crippen LogP contribution in [0.1, 0.15) is 51.7 Å². The fourth-order valence-electron chi connectivity index (χ4n) is 5.10. The van der Waals surface area contributed by atoms with Crippen molar-refractivity contribution in [1.82, 2.24) is 4.67 Å². The van der Waals surface area contributed by atoms with Crippen molar-refractivity contribution in [2.75, 3.05) is 35.0 Å². The molecule has 0 bridgehead atoms. The van der Waals surface area contributed by atoms with Crippen molar-refractivity contribution in [1.29, 1.82) is 5.26 Å². The van der Waals surface area contributed by atoms with Gasteiger partial charge in [0.25, 0.3) is 19.9 Å². The molecular weight excluding hydrogens is 667 g/mol. The maximum atomic E-state index is 11.9. The zero-order valence-electron chi connectivity index (χ0n) is 28.8. The molecule has 1 heterocycles. The predicted octanol–water partition coefficient (Wildman–Crippen LogP) is 6.00. The topological polar surface area (TPSA) is 196 Å². The molecule has 2 aromatic rings. The Labute approximate surface area is 286 Å². The van der Waals surface area contributed by atoms with Crippen LogP contribution in [0.4, 0.5) is 11.4 Å². The van der Waals surface area contributed by atoms with E-state index < -0.39 is 37.1 Å². The predicted molar refractivity (Wildman–Crippen MR) is 175 cm³/mol. The Balaban J connectivity index is 1.93. The van der Waals surface area contributed by atoms with Gasteiger partial charge >= 0.3 is 0 Å². The minimum Gasteiger partial charge on any atom is -0.493 e. The van der Waals surface area contributed by atoms with E-state index >= 15 is 0 Å². The van der Waals surface area contributed by atoms with Crippen LogP contribution in [-0.4, -0.2) is 80.3 Å². The molecular formula is C31H43N4O13P. The molecule has 0 amide bonds. The number of nitro benzene ring substituents is 2. The summed E-state index contributed by atoms with van der Waals surface area (Å²) in [4.78, 5) is 22.7. The van der Waals surface area contributed by atoms with Gasteiger partial charge in [0.2, 0.25) is 0 Å². The van der Waals surface area contributed by atoms with Crippen molar-refractivity contribution in [3.63, 3.8) is 0 Å². The molecule has 1 aliphatic rings. The summed E-state index contributed by atoms with van der Waals surface area (Å²) in [5.74, 6) is 0.909. The van der Waals surface area contributed by atoms with Gasteiger partial charge in [0.05, 0.1) is 93.9 Å². The minimum atomic E-state index is -1.74. The molecule has 1 fully saturated rings. The third-order valence-corrected chi connectivity index (χ3v) is 9.45. The number of nitro groups is 2. The summed E-state index contributed by atoms with van der Waals surface area (Å²) >= 11 is 0. The summed E-state index contributed by atoms with van der Waals surface area (Å²) in [5.41, 5.74) is -0.0961. The van der Waals surface area contributed by atoms with Gasteiger partial charge in [-0.05, 0) is 39.8 Å². The first-order valence-electron chi connectivity index (χ1n) is 15.3. The molecule has 18 heteroatoms. The first kappa shape index (κ1) is 39.6. The lowest BCUT2D eigenvalue weighted by Gasteiger charge is -2.37. The second-order valence-electron chi connectivity index (χ2n) is 11.2. The van der Waals surface area contributed by atoms with E-state index in [-0.39, 0.29) is 90.2 Å². The number of nitriles is 1. The molecule has 0 spiro atoms. The third-order valence-electron chi connectivity index (χ3n) is 7.29. The zero-order chi connectivity index (χ0) is 36.2. The molecule has 17 nitrogen and oxygen atoms in total. The fraction of sp³-hybridized carbons (Fsp3) is 0.581. The summed E-state index contributed by atoms with van der Waals surface area (Å²) in [7, 11) is 3.82. The largest absolute Gasteiger partial charge is 0.493 e. The highest BCUT2D eigenvalue weighted by Crippen LogP contribution is 2.49. The smallest absolute Gasteiger partial charge is 0.278 e. The van der Waals surface area contributed by atoms with E-state index in [9.17, 15) is 20.2 Å². The van der Waals surface area contributed by atoms with Gasteiger partial charge in [0.1, 0.15) is 6.10 Å². The molecule has 0 radical (unpaired) electrons. The highest BCUT2D eigenvalue weighted by atomic mass is 31.2. The van der Waals surface area contributed by atoms with Crippen LogP contribution in [-0.2, 0) is 36.5 Å². The van der Waals surface area contributed by atoms with Gasteiger partial charge in [-0.25, -0.2) is 4.67 Å². The SMILES string of the molecule is COc1cc(COC2C[C@H](OP(OCCC#N)N(C(C)C)C(C)C)C(OCc3cc(OC)c(OC)cc3[N+](=O)[O-])O2)c([N+](=O)[O-])cc1OC. The second kappa shape index (κ2) is 18.8. The van der Waals surface area contributed by atoms with Gasteiger partial charge in [-0.1, -0.05) is 0 Å². The summed E-state index contributed by atoms with van der Waals surface area (Å²) < 4.78 is 54.0. The molecule has 0 saturated carbocycles. The number of rotatable bonds is 20. The Morgan fingerprint density at radius 1 is 0.857 bits per heavy atom. The van der Waals surface area contributed by atoms with E-state index in [1.807, 2.05) is 32.4 Å². The molecule has 3 rings (SSSR count). The molecule has 0 aliphatic carbocycles. The van der Waals surface area contributed by atoms with Crippen molar-refractivity contribution < 1.29 is 52.1 Å². The summed E-state index contributed by atoms with van der Waals surface area (Å²) in [6.45, 7) is 7.57. The van der Waals surface area contributed by atoms with Gasteiger partial charge in [-0.15, -0.1) is 0 Å². The number of nitrogens with zero attached hydrogens (tertiary/aromatic N) is 4. The quantitative estimate of drug-likeness (QED) is 0.0670. The monoisotopic (exact) mass is 710 g/mol. The van der Waals surface area contributed by atoms with E-state index in [2.05, 4.69) is 6.07 Å². The van der Waals surface area contributed by atoms with Crippen LogP contribution in [0.3, 0.4) is 0 Å². The maximum absolute atomic E-state index is 11.9. The molecule has 4 atom stereocenters. The Morgan fingerprint density at radius 3 is 1.76 bits per heavy atom. The first-order valence-corrected chi connectivity index (χ1v) is 16.4. The summed E-state index contributed by atoms with van der Waals surface area (Å²) in [6.07, 6.45) is -2.62. The zero-order valence-corrected chi connectivity index (χ0v) is 29.7. The molecule has 270 valence electrons. The van der Waals surface area contributed by atoms with Gasteiger partial charge in [-0.3, -0.25) is 20.2 Å². The van der Waals surface area contributed by atoms with Crippen LogP contribution in [0, 0.1) is 31.6 Å². The molecule has 2 aromatic carbocycles. The Kier molecular flexibility index (Phi) is 15.1. The van der Waals surface area contributed by atoms with Crippen LogP contribution in [0.25, 0.3) is 0 Å². The minimum absolute atomic E-state index is 0.00180. The van der Waals surface area contributed by atoms with Gasteiger partial charge < -0.3 is 42.2 Å². The molecule has 1 saturated heterocycles. The van der Waals surface area contributed by atoms with Crippen molar-refractivity contribution in [3.8, 4) is 29.1 Å². The normalized spacial score (nSPS) is 18.0. The Morgan fingerprint density at radius 2 is 1.33 bits per heavy atom. The number of hydrogen-bond donors (Lipinski definition) is 0. The van der Waals surface area contributed by atoms with Crippen molar-refractivity contribution in [2.45, 2.75) is 84.5 Å². The highest BCUT2D eigenvalue weighted by molar-refractivity contribution is 7.44. The summed E-state index contributed by atoms with van der Waals surface area (Å²) in [6, 6.07) is 7.46. The van der Waals surface area contributed by atoms with E-state index in [1.165, 1.54) is 52.7 Å². The fourth-order valence-corrected chi connectivity index (χ4v) is 6.82. The van der Waals surface area contributed by atoms with E-state index in [4.69, 9.17) is 47.5 Å². The lowest BCUT2D eigenvalue weighted by molar-refractivity contribution is -0.386. The number of benzene rings is 2. The van der Waals surface area contributed by atoms with E-state index in [0.29, 0.717) is 0 Å². The van der Waals surface area contributed by atoms with Crippen molar-refractivity contribution in [2.24, 2.45) is 0 Å². The third kappa shape index (κ3) is 10.3. The van der Waals surface area contributed by atoms with Crippen LogP contribution in [0.15, 0.2) is 24.3 Å². The van der Waals surface area contributed by atoms with E-state index in [1.54, 1.807) is 0 Å². The molecule has 1 aliphatic heterocycles. The van der Waals surface area contributed by atoms with Crippen LogP contribution < -0.4 is 18.9 Å². The van der Waals surface area contributed by atoms with Crippen LogP contribution in [0.5, 0.6) is 23.0 Å². The van der Waals surface area contributed by atoms with Crippen LogP contribution in [0.2, 0.25) is 0 Å². The standard InChI is InChI=1S/C31H43N4O13P/c1-19(2)33(20(3)4)49(46-11-9-10-32)48-29-16-30(44-17-21-12-25(40-5)27(42-7)14-23(21)34(36)37)47-31(29)45-18-22-13-26(41-6)28(43-8)15-24(22)35(38)39/h12-15,19-20,29-31H,9,11,16-18H2,1-8H3/t29-,30?,31?,49?/m0/s1. The molecule has 0 N–H and O–H groups in total. The lowest BCUT2D eigenvalue weighted by atomic mass is 10.1. The number of ether oxygens (including phenoxy) is 7.